The molecule has 0 unspecified atom stereocenters. The van der Waals surface area contributed by atoms with Crippen molar-refractivity contribution in [3.8, 4) is 0 Å². The van der Waals surface area contributed by atoms with Crippen molar-refractivity contribution >= 4 is 11.9 Å². The van der Waals surface area contributed by atoms with Gasteiger partial charge >= 0.3 is 5.97 Å². The predicted octanol–water partition coefficient (Wildman–Crippen LogP) is 3.21. The largest absolute Gasteiger partial charge is 0.478 e. The molecule has 1 amide bonds. The van der Waals surface area contributed by atoms with Crippen LogP contribution < -0.4 is 0 Å². The van der Waals surface area contributed by atoms with Gasteiger partial charge in [0.25, 0.3) is 5.91 Å². The summed E-state index contributed by atoms with van der Waals surface area (Å²) in [7, 11) is 0. The SMILES string of the molecule is O=C(O)c1cccc(C(=O)N2CCC(OCc3ccccc3)CC2)c1. The number of benzene rings is 2. The minimum atomic E-state index is -1.03. The highest BCUT2D eigenvalue weighted by atomic mass is 16.5. The Balaban J connectivity index is 1.52. The van der Waals surface area contributed by atoms with Crippen LogP contribution in [0.4, 0.5) is 0 Å². The van der Waals surface area contributed by atoms with Crippen LogP contribution in [0, 0.1) is 0 Å². The molecule has 0 aliphatic carbocycles. The summed E-state index contributed by atoms with van der Waals surface area (Å²) < 4.78 is 5.94. The van der Waals surface area contributed by atoms with Gasteiger partial charge in [-0.05, 0) is 36.6 Å². The fourth-order valence-electron chi connectivity index (χ4n) is 2.98. The first kappa shape index (κ1) is 17.2. The van der Waals surface area contributed by atoms with Crippen LogP contribution in [0.25, 0.3) is 0 Å². The molecule has 5 nitrogen and oxygen atoms in total. The van der Waals surface area contributed by atoms with Gasteiger partial charge in [0.1, 0.15) is 0 Å². The smallest absolute Gasteiger partial charge is 0.335 e. The van der Waals surface area contributed by atoms with Crippen LogP contribution in [0.3, 0.4) is 0 Å². The van der Waals surface area contributed by atoms with Crippen molar-refractivity contribution in [2.24, 2.45) is 0 Å². The van der Waals surface area contributed by atoms with E-state index < -0.39 is 5.97 Å². The molecule has 0 radical (unpaired) electrons. The van der Waals surface area contributed by atoms with Crippen molar-refractivity contribution in [1.29, 1.82) is 0 Å². The van der Waals surface area contributed by atoms with Gasteiger partial charge in [0.15, 0.2) is 0 Å². The second-order valence-corrected chi connectivity index (χ2v) is 6.17. The zero-order valence-electron chi connectivity index (χ0n) is 13.9. The number of hydrogen-bond donors (Lipinski definition) is 1. The molecule has 130 valence electrons. The van der Waals surface area contributed by atoms with Gasteiger partial charge < -0.3 is 14.7 Å². The lowest BCUT2D eigenvalue weighted by atomic mass is 10.0. The average molecular weight is 339 g/mol. The van der Waals surface area contributed by atoms with Gasteiger partial charge in [0.05, 0.1) is 18.3 Å². The Bertz CT molecular complexity index is 736. The summed E-state index contributed by atoms with van der Waals surface area (Å²) in [6.07, 6.45) is 1.73. The van der Waals surface area contributed by atoms with E-state index in [0.29, 0.717) is 25.3 Å². The van der Waals surface area contributed by atoms with E-state index >= 15 is 0 Å². The summed E-state index contributed by atoms with van der Waals surface area (Å²) in [5.74, 6) is -1.15. The normalized spacial score (nSPS) is 15.1. The average Bonchev–Trinajstić information content (AvgIpc) is 2.67. The maximum atomic E-state index is 12.6. The number of aromatic carboxylic acids is 1. The summed E-state index contributed by atoms with van der Waals surface area (Å²) >= 11 is 0. The predicted molar refractivity (Wildman–Crippen MR) is 93.6 cm³/mol. The highest BCUT2D eigenvalue weighted by Crippen LogP contribution is 2.18. The molecule has 5 heteroatoms. The standard InChI is InChI=1S/C20H21NO4/c22-19(16-7-4-8-17(13-16)20(23)24)21-11-9-18(10-12-21)25-14-15-5-2-1-3-6-15/h1-8,13,18H,9-12,14H2,(H,23,24). The summed E-state index contributed by atoms with van der Waals surface area (Å²) in [6.45, 7) is 1.82. The van der Waals surface area contributed by atoms with Crippen LogP contribution in [0.5, 0.6) is 0 Å². The maximum absolute atomic E-state index is 12.6. The molecular formula is C20H21NO4. The Morgan fingerprint density at radius 1 is 1.00 bits per heavy atom. The lowest BCUT2D eigenvalue weighted by Crippen LogP contribution is -2.40. The number of carboxylic acid groups (broad SMARTS) is 1. The maximum Gasteiger partial charge on any atom is 0.335 e. The van der Waals surface area contributed by atoms with Crippen LogP contribution in [0.1, 0.15) is 39.1 Å². The van der Waals surface area contributed by atoms with Crippen LogP contribution in [-0.2, 0) is 11.3 Å². The van der Waals surface area contributed by atoms with Gasteiger partial charge in [0, 0.05) is 18.7 Å². The van der Waals surface area contributed by atoms with Crippen LogP contribution in [0.15, 0.2) is 54.6 Å². The first-order valence-corrected chi connectivity index (χ1v) is 8.41. The number of hydrogen-bond acceptors (Lipinski definition) is 3. The molecule has 1 heterocycles. The number of piperidine rings is 1. The van der Waals surface area contributed by atoms with Crippen molar-refractivity contribution in [1.82, 2.24) is 4.90 Å². The molecule has 1 N–H and O–H groups in total. The van der Waals surface area contributed by atoms with E-state index in [4.69, 9.17) is 9.84 Å². The molecule has 25 heavy (non-hydrogen) atoms. The zero-order valence-corrected chi connectivity index (χ0v) is 13.9. The second kappa shape index (κ2) is 7.94. The van der Waals surface area contributed by atoms with Gasteiger partial charge in [-0.15, -0.1) is 0 Å². The summed E-state index contributed by atoms with van der Waals surface area (Å²) in [6, 6.07) is 16.2. The summed E-state index contributed by atoms with van der Waals surface area (Å²) in [5.41, 5.74) is 1.70. The Kier molecular flexibility index (Phi) is 5.46. The molecule has 0 saturated carbocycles. The zero-order chi connectivity index (χ0) is 17.6. The number of rotatable bonds is 5. The van der Waals surface area contributed by atoms with Gasteiger partial charge in [-0.25, -0.2) is 4.79 Å². The monoisotopic (exact) mass is 339 g/mol. The molecular weight excluding hydrogens is 318 g/mol. The molecule has 0 atom stereocenters. The Labute approximate surface area is 146 Å². The molecule has 2 aromatic carbocycles. The summed E-state index contributed by atoms with van der Waals surface area (Å²) in [4.78, 5) is 25.4. The molecule has 1 aliphatic heterocycles. The molecule has 1 fully saturated rings. The fraction of sp³-hybridized carbons (Fsp3) is 0.300. The van der Waals surface area contributed by atoms with E-state index in [2.05, 4.69) is 0 Å². The van der Waals surface area contributed by atoms with Crippen molar-refractivity contribution in [3.05, 3.63) is 71.3 Å². The topological polar surface area (TPSA) is 66.8 Å². The van der Waals surface area contributed by atoms with E-state index in [1.54, 1.807) is 17.0 Å². The first-order chi connectivity index (χ1) is 12.1. The van der Waals surface area contributed by atoms with E-state index in [9.17, 15) is 9.59 Å². The Hall–Kier alpha value is -2.66. The minimum Gasteiger partial charge on any atom is -0.478 e. The third kappa shape index (κ3) is 4.45. The number of carbonyl (C=O) groups is 2. The summed E-state index contributed by atoms with van der Waals surface area (Å²) in [5, 5.41) is 9.05. The second-order valence-electron chi connectivity index (χ2n) is 6.17. The Morgan fingerprint density at radius 3 is 2.36 bits per heavy atom. The Morgan fingerprint density at radius 2 is 1.68 bits per heavy atom. The molecule has 1 aliphatic rings. The van der Waals surface area contributed by atoms with Crippen molar-refractivity contribution in [2.45, 2.75) is 25.6 Å². The van der Waals surface area contributed by atoms with Crippen molar-refractivity contribution in [3.63, 3.8) is 0 Å². The number of carbonyl (C=O) groups excluding carboxylic acids is 1. The quantitative estimate of drug-likeness (QED) is 0.908. The van der Waals surface area contributed by atoms with Crippen molar-refractivity contribution in [2.75, 3.05) is 13.1 Å². The number of likely N-dealkylation sites (tertiary alicyclic amines) is 1. The number of carboxylic acids is 1. The number of ether oxygens (including phenoxy) is 1. The number of nitrogens with zero attached hydrogens (tertiary/aromatic N) is 1. The molecule has 2 aromatic rings. The molecule has 3 rings (SSSR count). The van der Waals surface area contributed by atoms with E-state index in [-0.39, 0.29) is 17.6 Å². The van der Waals surface area contributed by atoms with Crippen LogP contribution >= 0.6 is 0 Å². The van der Waals surface area contributed by atoms with Crippen LogP contribution in [-0.4, -0.2) is 41.1 Å². The third-order valence-electron chi connectivity index (χ3n) is 4.41. The molecule has 0 bridgehead atoms. The first-order valence-electron chi connectivity index (χ1n) is 8.41. The van der Waals surface area contributed by atoms with Crippen molar-refractivity contribution < 1.29 is 19.4 Å². The number of amides is 1. The van der Waals surface area contributed by atoms with Crippen LogP contribution in [0.2, 0.25) is 0 Å². The van der Waals surface area contributed by atoms with Gasteiger partial charge in [-0.1, -0.05) is 36.4 Å². The lowest BCUT2D eigenvalue weighted by molar-refractivity contribution is -0.000380. The molecule has 0 aromatic heterocycles. The lowest BCUT2D eigenvalue weighted by Gasteiger charge is -2.32. The molecule has 1 saturated heterocycles. The van der Waals surface area contributed by atoms with Gasteiger partial charge in [-0.2, -0.15) is 0 Å². The minimum absolute atomic E-state index is 0.121. The van der Waals surface area contributed by atoms with E-state index in [1.165, 1.54) is 12.1 Å². The van der Waals surface area contributed by atoms with Gasteiger partial charge in [-0.3, -0.25) is 4.79 Å². The highest BCUT2D eigenvalue weighted by Gasteiger charge is 2.24. The van der Waals surface area contributed by atoms with E-state index in [1.807, 2.05) is 30.3 Å². The molecule has 0 spiro atoms. The van der Waals surface area contributed by atoms with Gasteiger partial charge in [0.2, 0.25) is 0 Å². The third-order valence-corrected chi connectivity index (χ3v) is 4.41. The fourth-order valence-corrected chi connectivity index (χ4v) is 2.98. The van der Waals surface area contributed by atoms with E-state index in [0.717, 1.165) is 18.4 Å². The highest BCUT2D eigenvalue weighted by molar-refractivity contribution is 5.97.